The summed E-state index contributed by atoms with van der Waals surface area (Å²) in [5.41, 5.74) is 3.15. The van der Waals surface area contributed by atoms with Gasteiger partial charge >= 0.3 is 0 Å². The van der Waals surface area contributed by atoms with E-state index in [0.29, 0.717) is 0 Å². The van der Waals surface area contributed by atoms with Crippen LogP contribution in [-0.2, 0) is 13.0 Å². The van der Waals surface area contributed by atoms with Crippen LogP contribution in [0.1, 0.15) is 17.5 Å². The monoisotopic (exact) mass is 241 g/mol. The molecular weight excluding hydrogens is 226 g/mol. The Morgan fingerprint density at radius 3 is 3.06 bits per heavy atom. The molecule has 1 aromatic carbocycles. The second kappa shape index (κ2) is 4.64. The number of benzene rings is 1. The Labute approximate surface area is 106 Å². The Balaban J connectivity index is 1.90. The van der Waals surface area contributed by atoms with Gasteiger partial charge in [-0.1, -0.05) is 29.4 Å². The van der Waals surface area contributed by atoms with Crippen molar-refractivity contribution in [1.82, 2.24) is 9.55 Å². The third-order valence-electron chi connectivity index (χ3n) is 3.54. The van der Waals surface area contributed by atoms with Gasteiger partial charge in [0.05, 0.1) is 12.0 Å². The van der Waals surface area contributed by atoms with Crippen LogP contribution in [0, 0.1) is 5.92 Å². The first-order valence-corrected chi connectivity index (χ1v) is 6.14. The van der Waals surface area contributed by atoms with Gasteiger partial charge in [-0.05, 0) is 18.4 Å². The topological polar surface area (TPSA) is 50.4 Å². The van der Waals surface area contributed by atoms with Gasteiger partial charge in [0, 0.05) is 30.4 Å². The van der Waals surface area contributed by atoms with Crippen LogP contribution in [0.4, 0.5) is 0 Å². The molecule has 92 valence electrons. The average Bonchev–Trinajstić information content (AvgIpc) is 2.91. The molecule has 1 atom stereocenters. The van der Waals surface area contributed by atoms with Crippen LogP contribution in [0.3, 0.4) is 0 Å². The molecule has 0 radical (unpaired) electrons. The highest BCUT2D eigenvalue weighted by atomic mass is 16.4. The van der Waals surface area contributed by atoms with Crippen LogP contribution < -0.4 is 0 Å². The first-order valence-electron chi connectivity index (χ1n) is 6.14. The summed E-state index contributed by atoms with van der Waals surface area (Å²) >= 11 is 0. The number of rotatable bonds is 2. The number of hydrogen-bond donors (Lipinski definition) is 1. The van der Waals surface area contributed by atoms with Gasteiger partial charge in [-0.25, -0.2) is 4.98 Å². The number of aryl methyl sites for hydroxylation is 1. The second-order valence-corrected chi connectivity index (χ2v) is 4.64. The van der Waals surface area contributed by atoms with E-state index < -0.39 is 0 Å². The number of fused-ring (bicyclic) bond motifs is 1. The van der Waals surface area contributed by atoms with Gasteiger partial charge in [0.2, 0.25) is 0 Å². The van der Waals surface area contributed by atoms with E-state index in [4.69, 9.17) is 0 Å². The van der Waals surface area contributed by atoms with Gasteiger partial charge in [0.15, 0.2) is 0 Å². The van der Waals surface area contributed by atoms with Crippen molar-refractivity contribution < 1.29 is 5.21 Å². The van der Waals surface area contributed by atoms with E-state index in [0.717, 1.165) is 30.7 Å². The van der Waals surface area contributed by atoms with Gasteiger partial charge < -0.3 is 9.77 Å². The fourth-order valence-corrected chi connectivity index (χ4v) is 2.64. The smallest absolute Gasteiger partial charge is 0.0946 e. The van der Waals surface area contributed by atoms with E-state index in [-0.39, 0.29) is 5.92 Å². The summed E-state index contributed by atoms with van der Waals surface area (Å²) in [5, 5.41) is 12.8. The summed E-state index contributed by atoms with van der Waals surface area (Å²) in [5.74, 6) is 0.249. The average molecular weight is 241 g/mol. The predicted octanol–water partition coefficient (Wildman–Crippen LogP) is 2.32. The summed E-state index contributed by atoms with van der Waals surface area (Å²) in [6, 6.07) is 8.16. The van der Waals surface area contributed by atoms with Crippen molar-refractivity contribution in [3.05, 3.63) is 54.1 Å². The van der Waals surface area contributed by atoms with E-state index in [2.05, 4.69) is 16.2 Å². The lowest BCUT2D eigenvalue weighted by Crippen LogP contribution is -2.27. The first-order chi connectivity index (χ1) is 8.88. The normalized spacial score (nSPS) is 20.9. The van der Waals surface area contributed by atoms with Gasteiger partial charge in [-0.3, -0.25) is 0 Å². The number of oxime groups is 1. The minimum atomic E-state index is 0.249. The van der Waals surface area contributed by atoms with Crippen LogP contribution >= 0.6 is 0 Å². The van der Waals surface area contributed by atoms with Gasteiger partial charge in [-0.2, -0.15) is 0 Å². The van der Waals surface area contributed by atoms with Crippen molar-refractivity contribution in [2.75, 3.05) is 0 Å². The summed E-state index contributed by atoms with van der Waals surface area (Å²) in [7, 11) is 0. The van der Waals surface area contributed by atoms with Gasteiger partial charge in [-0.15, -0.1) is 0 Å². The molecule has 1 aliphatic rings. The lowest BCUT2D eigenvalue weighted by Gasteiger charge is -2.25. The van der Waals surface area contributed by atoms with Crippen molar-refractivity contribution in [3.8, 4) is 0 Å². The van der Waals surface area contributed by atoms with Gasteiger partial charge in [0.1, 0.15) is 0 Å². The van der Waals surface area contributed by atoms with E-state index in [1.165, 1.54) is 5.56 Å². The highest BCUT2D eigenvalue weighted by molar-refractivity contribution is 6.03. The van der Waals surface area contributed by atoms with Crippen molar-refractivity contribution in [3.63, 3.8) is 0 Å². The zero-order valence-electron chi connectivity index (χ0n) is 10.0. The zero-order chi connectivity index (χ0) is 12.4. The molecule has 1 aliphatic carbocycles. The lowest BCUT2D eigenvalue weighted by atomic mass is 9.82. The van der Waals surface area contributed by atoms with E-state index in [1.807, 2.05) is 29.0 Å². The molecule has 1 unspecified atom stereocenters. The highest BCUT2D eigenvalue weighted by Gasteiger charge is 2.25. The Kier molecular flexibility index (Phi) is 2.84. The maximum Gasteiger partial charge on any atom is 0.0946 e. The molecular formula is C14H15N3O. The Hall–Kier alpha value is -2.10. The Morgan fingerprint density at radius 1 is 1.39 bits per heavy atom. The first kappa shape index (κ1) is 11.0. The van der Waals surface area contributed by atoms with Crippen molar-refractivity contribution in [2.24, 2.45) is 11.1 Å². The summed E-state index contributed by atoms with van der Waals surface area (Å²) < 4.78 is 2.03. The quantitative estimate of drug-likeness (QED) is 0.648. The molecule has 0 amide bonds. The van der Waals surface area contributed by atoms with Gasteiger partial charge in [0.25, 0.3) is 0 Å². The summed E-state index contributed by atoms with van der Waals surface area (Å²) in [4.78, 5) is 4.04. The molecule has 0 saturated carbocycles. The Bertz CT molecular complexity index is 560. The van der Waals surface area contributed by atoms with Crippen molar-refractivity contribution in [2.45, 2.75) is 19.4 Å². The molecule has 0 bridgehead atoms. The minimum Gasteiger partial charge on any atom is -0.411 e. The molecule has 0 saturated heterocycles. The maximum absolute atomic E-state index is 9.30. The largest absolute Gasteiger partial charge is 0.411 e. The minimum absolute atomic E-state index is 0.249. The van der Waals surface area contributed by atoms with Crippen LogP contribution in [-0.4, -0.2) is 20.5 Å². The fourth-order valence-electron chi connectivity index (χ4n) is 2.64. The van der Waals surface area contributed by atoms with Crippen molar-refractivity contribution in [1.29, 1.82) is 0 Å². The molecule has 0 fully saturated rings. The molecule has 2 aromatic rings. The number of hydrogen-bond acceptors (Lipinski definition) is 3. The Morgan fingerprint density at radius 2 is 2.28 bits per heavy atom. The predicted molar refractivity (Wildman–Crippen MR) is 68.8 cm³/mol. The van der Waals surface area contributed by atoms with E-state index in [9.17, 15) is 5.21 Å². The molecule has 4 heteroatoms. The van der Waals surface area contributed by atoms with E-state index >= 15 is 0 Å². The molecule has 0 spiro atoms. The molecule has 0 aliphatic heterocycles. The molecule has 3 rings (SSSR count). The van der Waals surface area contributed by atoms with Crippen molar-refractivity contribution >= 4 is 5.71 Å². The summed E-state index contributed by atoms with van der Waals surface area (Å²) in [6.07, 6.45) is 7.56. The third kappa shape index (κ3) is 1.90. The SMILES string of the molecule is O/N=C1\c2ccccc2CCC1Cn1ccnc1. The third-order valence-corrected chi connectivity index (χ3v) is 3.54. The van der Waals surface area contributed by atoms with Crippen LogP contribution in [0.15, 0.2) is 48.1 Å². The zero-order valence-corrected chi connectivity index (χ0v) is 10.0. The van der Waals surface area contributed by atoms with Crippen LogP contribution in [0.5, 0.6) is 0 Å². The number of aromatic nitrogens is 2. The van der Waals surface area contributed by atoms with Crippen LogP contribution in [0.25, 0.3) is 0 Å². The molecule has 1 N–H and O–H groups in total. The number of imidazole rings is 1. The fraction of sp³-hybridized carbons (Fsp3) is 0.286. The molecule has 18 heavy (non-hydrogen) atoms. The van der Waals surface area contributed by atoms with E-state index in [1.54, 1.807) is 12.5 Å². The standard InChI is InChI=1S/C14H15N3O/c18-16-14-12(9-17-8-7-15-10-17)6-5-11-3-1-2-4-13(11)14/h1-4,7-8,10,12,18H,5-6,9H2/b16-14-. The number of nitrogens with zero attached hydrogens (tertiary/aromatic N) is 3. The highest BCUT2D eigenvalue weighted by Crippen LogP contribution is 2.27. The maximum atomic E-state index is 9.30. The van der Waals surface area contributed by atoms with Crippen LogP contribution in [0.2, 0.25) is 0 Å². The molecule has 1 heterocycles. The molecule has 4 nitrogen and oxygen atoms in total. The second-order valence-electron chi connectivity index (χ2n) is 4.64. The lowest BCUT2D eigenvalue weighted by molar-refractivity contribution is 0.312. The summed E-state index contributed by atoms with van der Waals surface area (Å²) in [6.45, 7) is 0.813. The molecule has 1 aromatic heterocycles.